The lowest BCUT2D eigenvalue weighted by molar-refractivity contribution is 0.0600. The molecule has 0 amide bonds. The monoisotopic (exact) mass is 316 g/mol. The van der Waals surface area contributed by atoms with Gasteiger partial charge in [0.05, 0.1) is 23.7 Å². The van der Waals surface area contributed by atoms with E-state index in [0.717, 1.165) is 0 Å². The molecule has 118 valence electrons. The first kappa shape index (κ1) is 17.6. The van der Waals surface area contributed by atoms with Crippen LogP contribution in [0, 0.1) is 0 Å². The van der Waals surface area contributed by atoms with Crippen LogP contribution in [0.3, 0.4) is 0 Å². The summed E-state index contributed by atoms with van der Waals surface area (Å²) in [6, 6.07) is 5.48. The summed E-state index contributed by atoms with van der Waals surface area (Å²) in [5.74, 6) is -0.519. The Labute approximate surface area is 124 Å². The standard InChI is InChI=1S/C13H20N2O5S/c1-10(16)9-14-7-8-15-21(18,19)12-5-3-11(4-6-12)13(17)20-2/h3-6,10,14-16H,7-9H2,1-2H3. The summed E-state index contributed by atoms with van der Waals surface area (Å²) in [6.45, 7) is 2.65. The van der Waals surface area contributed by atoms with E-state index in [1.165, 1.54) is 31.4 Å². The van der Waals surface area contributed by atoms with Crippen LogP contribution < -0.4 is 10.0 Å². The Morgan fingerprint density at radius 3 is 2.43 bits per heavy atom. The molecule has 0 aromatic heterocycles. The quantitative estimate of drug-likeness (QED) is 0.450. The molecule has 1 unspecified atom stereocenters. The van der Waals surface area contributed by atoms with Crippen LogP contribution in [-0.4, -0.2) is 52.3 Å². The zero-order chi connectivity index (χ0) is 15.9. The average Bonchev–Trinajstić information content (AvgIpc) is 2.45. The predicted molar refractivity (Wildman–Crippen MR) is 77.5 cm³/mol. The van der Waals surface area contributed by atoms with E-state index >= 15 is 0 Å². The van der Waals surface area contributed by atoms with Crippen molar-refractivity contribution < 1.29 is 23.1 Å². The minimum absolute atomic E-state index is 0.0747. The topological polar surface area (TPSA) is 105 Å². The number of carbonyl (C=O) groups is 1. The average molecular weight is 316 g/mol. The van der Waals surface area contributed by atoms with Gasteiger partial charge in [0.1, 0.15) is 0 Å². The predicted octanol–water partition coefficient (Wildman–Crippen LogP) is -0.278. The van der Waals surface area contributed by atoms with Crippen LogP contribution in [-0.2, 0) is 14.8 Å². The molecule has 0 aliphatic rings. The van der Waals surface area contributed by atoms with Crippen LogP contribution in [0.1, 0.15) is 17.3 Å². The van der Waals surface area contributed by atoms with Gasteiger partial charge >= 0.3 is 5.97 Å². The molecule has 0 aliphatic carbocycles. The number of hydrogen-bond donors (Lipinski definition) is 3. The summed E-state index contributed by atoms with van der Waals surface area (Å²) in [6.07, 6.45) is -0.479. The Morgan fingerprint density at radius 1 is 1.29 bits per heavy atom. The number of esters is 1. The van der Waals surface area contributed by atoms with Crippen LogP contribution in [0.4, 0.5) is 0 Å². The third kappa shape index (κ3) is 5.80. The second-order valence-electron chi connectivity index (χ2n) is 4.47. The van der Waals surface area contributed by atoms with Gasteiger partial charge in [0.15, 0.2) is 0 Å². The van der Waals surface area contributed by atoms with Gasteiger partial charge in [-0.25, -0.2) is 17.9 Å². The smallest absolute Gasteiger partial charge is 0.337 e. The van der Waals surface area contributed by atoms with Gasteiger partial charge in [-0.2, -0.15) is 0 Å². The zero-order valence-electron chi connectivity index (χ0n) is 12.0. The van der Waals surface area contributed by atoms with E-state index in [0.29, 0.717) is 13.1 Å². The number of ether oxygens (including phenoxy) is 1. The van der Waals surface area contributed by atoms with Gasteiger partial charge in [-0.05, 0) is 31.2 Å². The summed E-state index contributed by atoms with van der Waals surface area (Å²) in [5, 5.41) is 11.9. The number of aliphatic hydroxyl groups excluding tert-OH is 1. The van der Waals surface area contributed by atoms with Crippen LogP contribution in [0.15, 0.2) is 29.2 Å². The molecule has 0 saturated carbocycles. The third-order valence-corrected chi connectivity index (χ3v) is 4.10. The van der Waals surface area contributed by atoms with Crippen molar-refractivity contribution in [2.45, 2.75) is 17.9 Å². The van der Waals surface area contributed by atoms with Gasteiger partial charge in [0.25, 0.3) is 0 Å². The Hall–Kier alpha value is -1.48. The lowest BCUT2D eigenvalue weighted by atomic mass is 10.2. The third-order valence-electron chi connectivity index (χ3n) is 2.62. The van der Waals surface area contributed by atoms with Gasteiger partial charge in [0.2, 0.25) is 10.0 Å². The van der Waals surface area contributed by atoms with Gasteiger partial charge in [0, 0.05) is 19.6 Å². The van der Waals surface area contributed by atoms with E-state index in [9.17, 15) is 13.2 Å². The van der Waals surface area contributed by atoms with Gasteiger partial charge < -0.3 is 15.2 Å². The molecule has 0 radical (unpaired) electrons. The molecule has 3 N–H and O–H groups in total. The molecule has 0 spiro atoms. The minimum Gasteiger partial charge on any atom is -0.465 e. The Kier molecular flexibility index (Phi) is 6.76. The van der Waals surface area contributed by atoms with Crippen LogP contribution >= 0.6 is 0 Å². The van der Waals surface area contributed by atoms with E-state index < -0.39 is 22.1 Å². The van der Waals surface area contributed by atoms with Crippen molar-refractivity contribution in [2.24, 2.45) is 0 Å². The summed E-state index contributed by atoms with van der Waals surface area (Å²) in [4.78, 5) is 11.3. The number of rotatable bonds is 8. The fourth-order valence-corrected chi connectivity index (χ4v) is 2.59. The summed E-state index contributed by atoms with van der Waals surface area (Å²) in [7, 11) is -2.36. The molecule has 0 fully saturated rings. The fraction of sp³-hybridized carbons (Fsp3) is 0.462. The first-order valence-corrected chi connectivity index (χ1v) is 7.92. The molecular formula is C13H20N2O5S. The van der Waals surface area contributed by atoms with E-state index in [1.807, 2.05) is 0 Å². The second-order valence-corrected chi connectivity index (χ2v) is 6.23. The number of hydrogen-bond acceptors (Lipinski definition) is 6. The first-order chi connectivity index (χ1) is 9.86. The highest BCUT2D eigenvalue weighted by Crippen LogP contribution is 2.10. The lowest BCUT2D eigenvalue weighted by Gasteiger charge is -2.09. The number of aliphatic hydroxyl groups is 1. The van der Waals surface area contributed by atoms with E-state index in [4.69, 9.17) is 5.11 Å². The number of nitrogens with one attached hydrogen (secondary N) is 2. The number of carbonyl (C=O) groups excluding carboxylic acids is 1. The van der Waals surface area contributed by atoms with E-state index in [2.05, 4.69) is 14.8 Å². The van der Waals surface area contributed by atoms with Crippen molar-refractivity contribution in [3.63, 3.8) is 0 Å². The molecule has 1 atom stereocenters. The van der Waals surface area contributed by atoms with Crippen molar-refractivity contribution in [1.29, 1.82) is 0 Å². The number of benzene rings is 1. The largest absolute Gasteiger partial charge is 0.465 e. The highest BCUT2D eigenvalue weighted by atomic mass is 32.2. The molecule has 21 heavy (non-hydrogen) atoms. The van der Waals surface area contributed by atoms with Crippen LogP contribution in [0.5, 0.6) is 0 Å². The van der Waals surface area contributed by atoms with E-state index in [1.54, 1.807) is 6.92 Å². The van der Waals surface area contributed by atoms with Crippen LogP contribution in [0.25, 0.3) is 0 Å². The molecule has 1 rings (SSSR count). The maximum absolute atomic E-state index is 12.0. The van der Waals surface area contributed by atoms with E-state index in [-0.39, 0.29) is 17.0 Å². The molecule has 7 nitrogen and oxygen atoms in total. The maximum Gasteiger partial charge on any atom is 0.337 e. The Bertz CT molecular complexity index is 554. The zero-order valence-corrected chi connectivity index (χ0v) is 12.8. The summed E-state index contributed by atoms with van der Waals surface area (Å²) >= 11 is 0. The first-order valence-electron chi connectivity index (χ1n) is 6.43. The molecule has 1 aromatic rings. The number of methoxy groups -OCH3 is 1. The summed E-state index contributed by atoms with van der Waals surface area (Å²) in [5.41, 5.74) is 0.287. The molecule has 0 saturated heterocycles. The fourth-order valence-electron chi connectivity index (χ4n) is 1.56. The number of sulfonamides is 1. The molecule has 8 heteroatoms. The molecule has 1 aromatic carbocycles. The lowest BCUT2D eigenvalue weighted by Crippen LogP contribution is -2.34. The highest BCUT2D eigenvalue weighted by Gasteiger charge is 2.14. The van der Waals surface area contributed by atoms with Gasteiger partial charge in [-0.1, -0.05) is 0 Å². The normalized spacial score (nSPS) is 12.9. The molecular weight excluding hydrogens is 296 g/mol. The Balaban J connectivity index is 2.56. The summed E-state index contributed by atoms with van der Waals surface area (Å²) < 4.78 is 30.9. The Morgan fingerprint density at radius 2 is 1.90 bits per heavy atom. The second kappa shape index (κ2) is 8.08. The highest BCUT2D eigenvalue weighted by molar-refractivity contribution is 7.89. The molecule has 0 aliphatic heterocycles. The minimum atomic E-state index is -3.61. The van der Waals surface area contributed by atoms with Gasteiger partial charge in [-0.15, -0.1) is 0 Å². The molecule has 0 bridgehead atoms. The van der Waals surface area contributed by atoms with Crippen molar-refractivity contribution in [3.05, 3.63) is 29.8 Å². The van der Waals surface area contributed by atoms with Gasteiger partial charge in [-0.3, -0.25) is 0 Å². The van der Waals surface area contributed by atoms with Crippen molar-refractivity contribution in [2.75, 3.05) is 26.7 Å². The van der Waals surface area contributed by atoms with Crippen molar-refractivity contribution in [3.8, 4) is 0 Å². The SMILES string of the molecule is COC(=O)c1ccc(S(=O)(=O)NCCNCC(C)O)cc1. The maximum atomic E-state index is 12.0. The van der Waals surface area contributed by atoms with Crippen LogP contribution in [0.2, 0.25) is 0 Å². The molecule has 0 heterocycles. The van der Waals surface area contributed by atoms with Crippen molar-refractivity contribution >= 4 is 16.0 Å². The van der Waals surface area contributed by atoms with Crippen molar-refractivity contribution in [1.82, 2.24) is 10.0 Å².